The van der Waals surface area contributed by atoms with Gasteiger partial charge in [-0.15, -0.1) is 0 Å². The molecule has 1 atom stereocenters. The van der Waals surface area contributed by atoms with E-state index in [-0.39, 0.29) is 12.1 Å². The number of rotatable bonds is 1. The first-order valence-corrected chi connectivity index (χ1v) is 7.10. The van der Waals surface area contributed by atoms with Crippen LogP contribution in [0.25, 0.3) is 0 Å². The van der Waals surface area contributed by atoms with Crippen LogP contribution in [-0.2, 0) is 4.79 Å². The van der Waals surface area contributed by atoms with E-state index in [1.807, 2.05) is 19.2 Å². The van der Waals surface area contributed by atoms with Gasteiger partial charge >= 0.3 is 0 Å². The zero-order chi connectivity index (χ0) is 13.2. The summed E-state index contributed by atoms with van der Waals surface area (Å²) in [6.45, 7) is 2.64. The second-order valence-corrected chi connectivity index (χ2v) is 5.39. The number of benzene rings is 1. The minimum Gasteiger partial charge on any atom is -0.314 e. The van der Waals surface area contributed by atoms with Crippen molar-refractivity contribution in [2.45, 2.75) is 25.4 Å². The number of carbonyl (C=O) groups is 1. The molecule has 19 heavy (non-hydrogen) atoms. The molecule has 102 valence electrons. The number of para-hydroxylation sites is 1. The molecule has 0 aliphatic carbocycles. The molecule has 1 saturated heterocycles. The predicted octanol–water partition coefficient (Wildman–Crippen LogP) is 1.74. The standard InChI is InChI=1S/C15H21N3O/c1-17-13-8-4-3-7-12(13)15(16-11-14(17)19)18-9-5-2-6-10-18/h3-4,7-8,15-16H,2,5-6,9-11H2,1H3. The number of carbonyl (C=O) groups excluding carboxylic acids is 1. The number of nitrogens with zero attached hydrogens (tertiary/aromatic N) is 2. The van der Waals surface area contributed by atoms with Crippen LogP contribution in [0.15, 0.2) is 24.3 Å². The molecule has 0 aromatic heterocycles. The number of hydrogen-bond acceptors (Lipinski definition) is 3. The molecular formula is C15H21N3O. The van der Waals surface area contributed by atoms with Crippen molar-refractivity contribution in [2.24, 2.45) is 0 Å². The number of piperidine rings is 1. The minimum absolute atomic E-state index is 0.131. The van der Waals surface area contributed by atoms with E-state index in [4.69, 9.17) is 0 Å². The lowest BCUT2D eigenvalue weighted by molar-refractivity contribution is -0.117. The lowest BCUT2D eigenvalue weighted by Gasteiger charge is -2.35. The predicted molar refractivity (Wildman–Crippen MR) is 76.0 cm³/mol. The Hall–Kier alpha value is -1.39. The van der Waals surface area contributed by atoms with Gasteiger partial charge in [0.1, 0.15) is 0 Å². The molecule has 1 unspecified atom stereocenters. The van der Waals surface area contributed by atoms with E-state index in [1.165, 1.54) is 24.8 Å². The van der Waals surface area contributed by atoms with Crippen LogP contribution >= 0.6 is 0 Å². The second kappa shape index (κ2) is 5.31. The van der Waals surface area contributed by atoms with Gasteiger partial charge in [-0.1, -0.05) is 24.6 Å². The quantitative estimate of drug-likeness (QED) is 0.834. The summed E-state index contributed by atoms with van der Waals surface area (Å²) in [7, 11) is 1.86. The van der Waals surface area contributed by atoms with Gasteiger partial charge in [-0.05, 0) is 32.0 Å². The molecule has 4 heteroatoms. The zero-order valence-electron chi connectivity index (χ0n) is 11.4. The van der Waals surface area contributed by atoms with Crippen LogP contribution in [-0.4, -0.2) is 37.5 Å². The molecule has 3 rings (SSSR count). The lowest BCUT2D eigenvalue weighted by Crippen LogP contribution is -2.42. The van der Waals surface area contributed by atoms with Gasteiger partial charge in [0.05, 0.1) is 12.7 Å². The number of likely N-dealkylation sites (N-methyl/N-ethyl adjacent to an activating group) is 1. The Morgan fingerprint density at radius 3 is 2.68 bits per heavy atom. The third-order valence-electron chi connectivity index (χ3n) is 4.17. The lowest BCUT2D eigenvalue weighted by atomic mass is 10.1. The summed E-state index contributed by atoms with van der Waals surface area (Å²) in [5.74, 6) is 0.131. The molecule has 1 fully saturated rings. The number of anilines is 1. The fourth-order valence-corrected chi connectivity index (χ4v) is 3.07. The van der Waals surface area contributed by atoms with E-state index in [0.717, 1.165) is 18.8 Å². The van der Waals surface area contributed by atoms with Crippen LogP contribution in [0.4, 0.5) is 5.69 Å². The highest BCUT2D eigenvalue weighted by atomic mass is 16.2. The number of hydrogen-bond donors (Lipinski definition) is 1. The molecule has 2 aliphatic rings. The fourth-order valence-electron chi connectivity index (χ4n) is 3.07. The molecule has 4 nitrogen and oxygen atoms in total. The topological polar surface area (TPSA) is 35.6 Å². The van der Waals surface area contributed by atoms with Gasteiger partial charge in [-0.3, -0.25) is 15.0 Å². The number of fused-ring (bicyclic) bond motifs is 1. The molecule has 1 amide bonds. The Balaban J connectivity index is 1.96. The number of nitrogens with one attached hydrogen (secondary N) is 1. The van der Waals surface area contributed by atoms with E-state index in [9.17, 15) is 4.79 Å². The van der Waals surface area contributed by atoms with Gasteiger partial charge in [0.25, 0.3) is 0 Å². The third-order valence-corrected chi connectivity index (χ3v) is 4.17. The maximum absolute atomic E-state index is 12.1. The van der Waals surface area contributed by atoms with Gasteiger partial charge in [0.2, 0.25) is 5.91 Å². The van der Waals surface area contributed by atoms with Crippen LogP contribution in [0.2, 0.25) is 0 Å². The van der Waals surface area contributed by atoms with Crippen molar-refractivity contribution in [3.05, 3.63) is 29.8 Å². The molecule has 0 bridgehead atoms. The summed E-state index contributed by atoms with van der Waals surface area (Å²) in [6, 6.07) is 8.23. The van der Waals surface area contributed by atoms with Crippen LogP contribution in [0.5, 0.6) is 0 Å². The highest BCUT2D eigenvalue weighted by Crippen LogP contribution is 2.31. The van der Waals surface area contributed by atoms with Gasteiger partial charge < -0.3 is 4.90 Å². The normalized spacial score (nSPS) is 25.0. The second-order valence-electron chi connectivity index (χ2n) is 5.39. The van der Waals surface area contributed by atoms with E-state index < -0.39 is 0 Å². The first-order valence-electron chi connectivity index (χ1n) is 7.10. The molecule has 1 N–H and O–H groups in total. The summed E-state index contributed by atoms with van der Waals surface area (Å²) in [5.41, 5.74) is 2.26. The largest absolute Gasteiger partial charge is 0.314 e. The SMILES string of the molecule is CN1C(=O)CNC(N2CCCCC2)c2ccccc21. The van der Waals surface area contributed by atoms with Crippen LogP contribution in [0, 0.1) is 0 Å². The number of likely N-dealkylation sites (tertiary alicyclic amines) is 1. The van der Waals surface area contributed by atoms with Crippen LogP contribution < -0.4 is 10.2 Å². The van der Waals surface area contributed by atoms with Crippen molar-refractivity contribution in [1.82, 2.24) is 10.2 Å². The highest BCUT2D eigenvalue weighted by Gasteiger charge is 2.29. The molecule has 1 aromatic carbocycles. The van der Waals surface area contributed by atoms with E-state index in [2.05, 4.69) is 22.3 Å². The maximum Gasteiger partial charge on any atom is 0.240 e. The minimum atomic E-state index is 0.131. The van der Waals surface area contributed by atoms with Crippen molar-refractivity contribution in [3.63, 3.8) is 0 Å². The van der Waals surface area contributed by atoms with Crippen molar-refractivity contribution in [2.75, 3.05) is 31.6 Å². The van der Waals surface area contributed by atoms with E-state index in [1.54, 1.807) is 4.90 Å². The van der Waals surface area contributed by atoms with Crippen LogP contribution in [0.3, 0.4) is 0 Å². The molecule has 2 heterocycles. The fraction of sp³-hybridized carbons (Fsp3) is 0.533. The Bertz CT molecular complexity index is 468. The average molecular weight is 259 g/mol. The molecule has 0 radical (unpaired) electrons. The van der Waals surface area contributed by atoms with Crippen LogP contribution in [0.1, 0.15) is 31.0 Å². The first-order chi connectivity index (χ1) is 9.27. The number of amides is 1. The smallest absolute Gasteiger partial charge is 0.240 e. The van der Waals surface area contributed by atoms with Crippen molar-refractivity contribution in [3.8, 4) is 0 Å². The summed E-state index contributed by atoms with van der Waals surface area (Å²) >= 11 is 0. The average Bonchev–Trinajstić information content (AvgIpc) is 2.59. The molecule has 0 spiro atoms. The summed E-state index contributed by atoms with van der Waals surface area (Å²) in [4.78, 5) is 16.3. The molecule has 1 aromatic rings. The Kier molecular flexibility index (Phi) is 3.53. The Morgan fingerprint density at radius 2 is 1.89 bits per heavy atom. The zero-order valence-corrected chi connectivity index (χ0v) is 11.4. The van der Waals surface area contributed by atoms with E-state index in [0.29, 0.717) is 6.54 Å². The van der Waals surface area contributed by atoms with Gasteiger partial charge in [0, 0.05) is 18.3 Å². The molecule has 2 aliphatic heterocycles. The third kappa shape index (κ3) is 2.38. The van der Waals surface area contributed by atoms with E-state index >= 15 is 0 Å². The summed E-state index contributed by atoms with van der Waals surface area (Å²) in [5, 5.41) is 3.42. The Labute approximate surface area is 114 Å². The van der Waals surface area contributed by atoms with Gasteiger partial charge in [-0.2, -0.15) is 0 Å². The highest BCUT2D eigenvalue weighted by molar-refractivity contribution is 5.95. The molecule has 0 saturated carbocycles. The van der Waals surface area contributed by atoms with Gasteiger partial charge in [0.15, 0.2) is 0 Å². The summed E-state index contributed by atoms with van der Waals surface area (Å²) < 4.78 is 0. The molecular weight excluding hydrogens is 238 g/mol. The Morgan fingerprint density at radius 1 is 1.16 bits per heavy atom. The monoisotopic (exact) mass is 259 g/mol. The van der Waals surface area contributed by atoms with Crippen molar-refractivity contribution >= 4 is 11.6 Å². The summed E-state index contributed by atoms with van der Waals surface area (Å²) in [6.07, 6.45) is 4.00. The first kappa shape index (κ1) is 12.6. The van der Waals surface area contributed by atoms with Gasteiger partial charge in [-0.25, -0.2) is 0 Å². The van der Waals surface area contributed by atoms with Crippen molar-refractivity contribution in [1.29, 1.82) is 0 Å². The van der Waals surface area contributed by atoms with Crippen molar-refractivity contribution < 1.29 is 4.79 Å². The maximum atomic E-state index is 12.1.